The SMILES string of the molecule is CCCCCCCCC=CCCCCCCCC(=O)OCCCCCCCCCC.O=S(=O)([O-])[O-].[Mg+2]. The molecule has 0 aromatic rings. The zero-order valence-electron chi connectivity index (χ0n) is 23.5. The summed E-state index contributed by atoms with van der Waals surface area (Å²) in [6.07, 6.45) is 32.4. The minimum absolute atomic E-state index is 0. The predicted octanol–water partition coefficient (Wildman–Crippen LogP) is 7.99. The average Bonchev–Trinajstić information content (AvgIpc) is 2.79. The Balaban J connectivity index is -0.00000164. The van der Waals surface area contributed by atoms with Crippen LogP contribution in [0.2, 0.25) is 0 Å². The van der Waals surface area contributed by atoms with E-state index in [1.165, 1.54) is 116 Å². The molecule has 0 bridgehead atoms. The van der Waals surface area contributed by atoms with Gasteiger partial charge in [-0.2, -0.15) is 0 Å². The summed E-state index contributed by atoms with van der Waals surface area (Å²) in [5.41, 5.74) is 0. The smallest absolute Gasteiger partial charge is 0.759 e. The van der Waals surface area contributed by atoms with Crippen LogP contribution in [-0.2, 0) is 19.9 Å². The van der Waals surface area contributed by atoms with Gasteiger partial charge in [0.2, 0.25) is 0 Å². The molecule has 0 aromatic heterocycles. The van der Waals surface area contributed by atoms with E-state index in [1.807, 2.05) is 0 Å². The fourth-order valence-electron chi connectivity index (χ4n) is 3.83. The normalized spacial score (nSPS) is 11.1. The molecule has 0 saturated heterocycles. The van der Waals surface area contributed by atoms with Crippen molar-refractivity contribution in [2.45, 2.75) is 155 Å². The Morgan fingerprint density at radius 3 is 1.36 bits per heavy atom. The summed E-state index contributed by atoms with van der Waals surface area (Å²) in [5, 5.41) is 0. The van der Waals surface area contributed by atoms with E-state index >= 15 is 0 Å². The van der Waals surface area contributed by atoms with Crippen LogP contribution in [0.5, 0.6) is 0 Å². The maximum atomic E-state index is 11.8. The summed E-state index contributed by atoms with van der Waals surface area (Å²) in [6.45, 7) is 5.15. The molecule has 0 aliphatic rings. The molecule has 0 N–H and O–H groups in total. The van der Waals surface area contributed by atoms with Gasteiger partial charge in [0.25, 0.3) is 0 Å². The molecule has 8 heteroatoms. The first kappa shape index (κ1) is 40.3. The summed E-state index contributed by atoms with van der Waals surface area (Å²) in [7, 11) is -5.17. The van der Waals surface area contributed by atoms with Crippen molar-refractivity contribution in [1.82, 2.24) is 0 Å². The average molecular weight is 543 g/mol. The van der Waals surface area contributed by atoms with Gasteiger partial charge in [-0.1, -0.05) is 122 Å². The number of allylic oxidation sites excluding steroid dienone is 2. The number of hydrogen-bond donors (Lipinski definition) is 0. The largest absolute Gasteiger partial charge is 2.00 e. The van der Waals surface area contributed by atoms with E-state index in [9.17, 15) is 4.79 Å². The number of carbonyl (C=O) groups excluding carboxylic acids is 1. The zero-order valence-corrected chi connectivity index (χ0v) is 25.7. The molecule has 0 aliphatic heterocycles. The van der Waals surface area contributed by atoms with Gasteiger partial charge in [0.15, 0.2) is 0 Å². The molecule has 210 valence electrons. The molecule has 0 aromatic carbocycles. The van der Waals surface area contributed by atoms with Crippen LogP contribution in [0.1, 0.15) is 155 Å². The Hall–Kier alpha value is -0.154. The van der Waals surface area contributed by atoms with Gasteiger partial charge in [-0.05, 0) is 38.5 Å². The predicted molar refractivity (Wildman–Crippen MR) is 149 cm³/mol. The van der Waals surface area contributed by atoms with Crippen LogP contribution in [-0.4, -0.2) is 53.2 Å². The van der Waals surface area contributed by atoms with Crippen molar-refractivity contribution < 1.29 is 27.1 Å². The molecule has 0 spiro atoms. The van der Waals surface area contributed by atoms with Crippen molar-refractivity contribution in [3.8, 4) is 0 Å². The zero-order chi connectivity index (χ0) is 26.5. The Bertz CT molecular complexity index is 558. The second kappa shape index (κ2) is 32.9. The van der Waals surface area contributed by atoms with Gasteiger partial charge in [-0.15, -0.1) is 0 Å². The molecule has 0 heterocycles. The first-order valence-corrected chi connectivity index (χ1v) is 15.6. The fraction of sp³-hybridized carbons (Fsp3) is 0.893. The third kappa shape index (κ3) is 47.1. The van der Waals surface area contributed by atoms with E-state index in [1.54, 1.807) is 0 Å². The molecule has 0 radical (unpaired) electrons. The maximum absolute atomic E-state index is 11.8. The number of esters is 1. The van der Waals surface area contributed by atoms with Crippen LogP contribution in [0, 0.1) is 0 Å². The topological polar surface area (TPSA) is 107 Å². The second-order valence-electron chi connectivity index (χ2n) is 9.44. The second-order valence-corrected chi connectivity index (χ2v) is 10.3. The molecule has 0 unspecified atom stereocenters. The van der Waals surface area contributed by atoms with Gasteiger partial charge in [0.1, 0.15) is 0 Å². The van der Waals surface area contributed by atoms with Crippen molar-refractivity contribution in [3.63, 3.8) is 0 Å². The number of hydrogen-bond acceptors (Lipinski definition) is 6. The van der Waals surface area contributed by atoms with E-state index in [-0.39, 0.29) is 29.0 Å². The monoisotopic (exact) mass is 542 g/mol. The van der Waals surface area contributed by atoms with E-state index in [0.29, 0.717) is 13.0 Å². The summed E-state index contributed by atoms with van der Waals surface area (Å²) in [5.74, 6) is 0.00979. The number of rotatable bonds is 24. The molecule has 6 nitrogen and oxygen atoms in total. The number of ether oxygens (including phenoxy) is 1. The molecule has 0 rings (SSSR count). The third-order valence-corrected chi connectivity index (χ3v) is 5.90. The molecule has 0 aliphatic carbocycles. The van der Waals surface area contributed by atoms with Crippen LogP contribution in [0.4, 0.5) is 0 Å². The molecular formula is C28H54MgO6S. The summed E-state index contributed by atoms with van der Waals surface area (Å²) in [4.78, 5) is 11.8. The standard InChI is InChI=1S/C28H54O2.Mg.H2O4S/c1-3-5-7-9-11-13-14-15-16-17-18-19-20-22-24-26-28(29)30-27-25-23-21-12-10-8-6-4-2;;1-5(2,3)4/h15-16H,3-14,17-27H2,1-2H3;;(H2,1,2,3,4)/q;+2;/p-2. The fourth-order valence-corrected chi connectivity index (χ4v) is 3.83. The van der Waals surface area contributed by atoms with Gasteiger partial charge >= 0.3 is 29.0 Å². The van der Waals surface area contributed by atoms with Crippen LogP contribution in [0.25, 0.3) is 0 Å². The summed E-state index contributed by atoms with van der Waals surface area (Å²) >= 11 is 0. The van der Waals surface area contributed by atoms with Crippen LogP contribution >= 0.6 is 0 Å². The van der Waals surface area contributed by atoms with E-state index in [0.717, 1.165) is 19.3 Å². The quantitative estimate of drug-likeness (QED) is 0.0305. The molecule has 0 fully saturated rings. The molecule has 36 heavy (non-hydrogen) atoms. The van der Waals surface area contributed by atoms with E-state index < -0.39 is 10.4 Å². The van der Waals surface area contributed by atoms with Crippen LogP contribution < -0.4 is 0 Å². The van der Waals surface area contributed by atoms with E-state index in [2.05, 4.69) is 26.0 Å². The van der Waals surface area contributed by atoms with Crippen LogP contribution in [0.15, 0.2) is 12.2 Å². The van der Waals surface area contributed by atoms with Crippen LogP contribution in [0.3, 0.4) is 0 Å². The Labute approximate surface area is 239 Å². The first-order chi connectivity index (χ1) is 16.8. The van der Waals surface area contributed by atoms with Crippen molar-refractivity contribution in [1.29, 1.82) is 0 Å². The summed E-state index contributed by atoms with van der Waals surface area (Å²) in [6, 6.07) is 0. The molecular weight excluding hydrogens is 489 g/mol. The molecule has 0 saturated carbocycles. The van der Waals surface area contributed by atoms with Gasteiger partial charge in [-0.3, -0.25) is 13.2 Å². The number of unbranched alkanes of at least 4 members (excludes halogenated alkanes) is 18. The van der Waals surface area contributed by atoms with Gasteiger partial charge in [-0.25, -0.2) is 0 Å². The van der Waals surface area contributed by atoms with Crippen molar-refractivity contribution in [3.05, 3.63) is 12.2 Å². The minimum atomic E-state index is -5.17. The third-order valence-electron chi connectivity index (χ3n) is 5.90. The van der Waals surface area contributed by atoms with Gasteiger partial charge in [0.05, 0.1) is 6.61 Å². The van der Waals surface area contributed by atoms with Crippen molar-refractivity contribution in [2.24, 2.45) is 0 Å². The van der Waals surface area contributed by atoms with Gasteiger partial charge < -0.3 is 13.8 Å². The Morgan fingerprint density at radius 1 is 0.611 bits per heavy atom. The van der Waals surface area contributed by atoms with Gasteiger partial charge in [0, 0.05) is 16.8 Å². The Morgan fingerprint density at radius 2 is 0.944 bits per heavy atom. The Kier molecular flexibility index (Phi) is 36.8. The molecule has 0 amide bonds. The minimum Gasteiger partial charge on any atom is -0.759 e. The van der Waals surface area contributed by atoms with Crippen molar-refractivity contribution >= 4 is 39.4 Å². The van der Waals surface area contributed by atoms with Crippen molar-refractivity contribution in [2.75, 3.05) is 6.61 Å². The summed E-state index contributed by atoms with van der Waals surface area (Å²) < 4.78 is 39.4. The van der Waals surface area contributed by atoms with E-state index in [4.69, 9.17) is 22.3 Å². The first-order valence-electron chi connectivity index (χ1n) is 14.3. The number of carbonyl (C=O) groups is 1. The molecule has 0 atom stereocenters. The maximum Gasteiger partial charge on any atom is 2.00 e.